The van der Waals surface area contributed by atoms with Crippen LogP contribution >= 0.6 is 0 Å². The van der Waals surface area contributed by atoms with Gasteiger partial charge in [-0.25, -0.2) is 9.97 Å². The first-order valence-electron chi connectivity index (χ1n) is 8.18. The molecule has 1 aromatic carbocycles. The Kier molecular flexibility index (Phi) is 3.89. The number of para-hydroxylation sites is 1. The minimum absolute atomic E-state index is 0.110. The molecule has 3 aromatic rings. The number of benzene rings is 1. The quantitative estimate of drug-likeness (QED) is 0.790. The Labute approximate surface area is 144 Å². The zero-order valence-electron chi connectivity index (χ0n) is 13.8. The molecule has 25 heavy (non-hydrogen) atoms. The van der Waals surface area contributed by atoms with Gasteiger partial charge in [0.1, 0.15) is 17.1 Å². The SMILES string of the molecule is CCOc1ccccc1-c1nccc(-c2cc3n(n2)CCNC3=O)n1. The van der Waals surface area contributed by atoms with Gasteiger partial charge in [0.25, 0.3) is 5.91 Å². The number of aromatic nitrogens is 4. The number of fused-ring (bicyclic) bond motifs is 1. The highest BCUT2D eigenvalue weighted by atomic mass is 16.5. The van der Waals surface area contributed by atoms with Gasteiger partial charge in [0.2, 0.25) is 0 Å². The zero-order chi connectivity index (χ0) is 17.2. The summed E-state index contributed by atoms with van der Waals surface area (Å²) in [6.07, 6.45) is 1.69. The van der Waals surface area contributed by atoms with Gasteiger partial charge in [0, 0.05) is 12.7 Å². The van der Waals surface area contributed by atoms with Gasteiger partial charge in [-0.05, 0) is 31.2 Å². The monoisotopic (exact) mass is 335 g/mol. The lowest BCUT2D eigenvalue weighted by atomic mass is 10.1. The summed E-state index contributed by atoms with van der Waals surface area (Å²) in [6, 6.07) is 11.2. The third-order valence-electron chi connectivity index (χ3n) is 3.97. The second kappa shape index (κ2) is 6.35. The molecule has 1 amide bonds. The number of carbonyl (C=O) groups is 1. The molecular weight excluding hydrogens is 318 g/mol. The van der Waals surface area contributed by atoms with Crippen LogP contribution in [0.1, 0.15) is 17.4 Å². The number of nitrogens with one attached hydrogen (secondary N) is 1. The first-order valence-corrected chi connectivity index (χ1v) is 8.18. The van der Waals surface area contributed by atoms with Crippen LogP contribution in [0.25, 0.3) is 22.8 Å². The number of ether oxygens (including phenoxy) is 1. The van der Waals surface area contributed by atoms with Crippen LogP contribution in [0.15, 0.2) is 42.6 Å². The summed E-state index contributed by atoms with van der Waals surface area (Å²) in [5.74, 6) is 1.20. The van der Waals surface area contributed by atoms with E-state index in [1.54, 1.807) is 23.0 Å². The van der Waals surface area contributed by atoms with Gasteiger partial charge in [-0.3, -0.25) is 9.48 Å². The molecule has 0 saturated carbocycles. The van der Waals surface area contributed by atoms with Gasteiger partial charge in [-0.2, -0.15) is 5.10 Å². The van der Waals surface area contributed by atoms with Crippen LogP contribution in [0.3, 0.4) is 0 Å². The molecule has 7 nitrogen and oxygen atoms in total. The summed E-state index contributed by atoms with van der Waals surface area (Å²) in [4.78, 5) is 20.9. The summed E-state index contributed by atoms with van der Waals surface area (Å²) in [7, 11) is 0. The molecule has 0 unspecified atom stereocenters. The van der Waals surface area contributed by atoms with E-state index in [1.807, 2.05) is 31.2 Å². The molecule has 1 N–H and O–H groups in total. The van der Waals surface area contributed by atoms with E-state index in [2.05, 4.69) is 20.4 Å². The van der Waals surface area contributed by atoms with Crippen molar-refractivity contribution in [3.05, 3.63) is 48.3 Å². The van der Waals surface area contributed by atoms with E-state index in [4.69, 9.17) is 4.74 Å². The van der Waals surface area contributed by atoms with Crippen LogP contribution in [0.5, 0.6) is 5.75 Å². The Bertz CT molecular complexity index is 935. The minimum atomic E-state index is -0.110. The number of hydrogen-bond donors (Lipinski definition) is 1. The third-order valence-corrected chi connectivity index (χ3v) is 3.97. The molecule has 0 bridgehead atoms. The van der Waals surface area contributed by atoms with Crippen molar-refractivity contribution in [3.63, 3.8) is 0 Å². The fraction of sp³-hybridized carbons (Fsp3) is 0.222. The highest BCUT2D eigenvalue weighted by molar-refractivity contribution is 5.94. The van der Waals surface area contributed by atoms with E-state index in [1.165, 1.54) is 0 Å². The topological polar surface area (TPSA) is 81.9 Å². The number of carbonyl (C=O) groups excluding carboxylic acids is 1. The first-order chi connectivity index (χ1) is 12.3. The zero-order valence-corrected chi connectivity index (χ0v) is 13.8. The number of amides is 1. The van der Waals surface area contributed by atoms with E-state index in [-0.39, 0.29) is 5.91 Å². The Morgan fingerprint density at radius 2 is 2.12 bits per heavy atom. The molecule has 2 aromatic heterocycles. The summed E-state index contributed by atoms with van der Waals surface area (Å²) >= 11 is 0. The first kappa shape index (κ1) is 15.3. The van der Waals surface area contributed by atoms with Crippen molar-refractivity contribution in [2.45, 2.75) is 13.5 Å². The second-order valence-electron chi connectivity index (χ2n) is 5.59. The number of nitrogens with zero attached hydrogens (tertiary/aromatic N) is 4. The smallest absolute Gasteiger partial charge is 0.269 e. The van der Waals surface area contributed by atoms with Gasteiger partial charge in [0.15, 0.2) is 5.82 Å². The van der Waals surface area contributed by atoms with E-state index < -0.39 is 0 Å². The predicted octanol–water partition coefficient (Wildman–Crippen LogP) is 2.15. The lowest BCUT2D eigenvalue weighted by molar-refractivity contribution is 0.0924. The molecule has 0 radical (unpaired) electrons. The third kappa shape index (κ3) is 2.84. The van der Waals surface area contributed by atoms with E-state index in [9.17, 15) is 4.79 Å². The van der Waals surface area contributed by atoms with Gasteiger partial charge in [0.05, 0.1) is 24.4 Å². The van der Waals surface area contributed by atoms with Crippen molar-refractivity contribution in [3.8, 4) is 28.5 Å². The number of hydrogen-bond acceptors (Lipinski definition) is 5. The maximum atomic E-state index is 11.9. The van der Waals surface area contributed by atoms with Crippen molar-refractivity contribution in [2.75, 3.05) is 13.2 Å². The van der Waals surface area contributed by atoms with Crippen molar-refractivity contribution >= 4 is 5.91 Å². The average Bonchev–Trinajstić information content (AvgIpc) is 3.08. The fourth-order valence-electron chi connectivity index (χ4n) is 2.82. The second-order valence-corrected chi connectivity index (χ2v) is 5.59. The summed E-state index contributed by atoms with van der Waals surface area (Å²) < 4.78 is 7.38. The van der Waals surface area contributed by atoms with Crippen LogP contribution in [-0.4, -0.2) is 38.8 Å². The Morgan fingerprint density at radius 1 is 1.24 bits per heavy atom. The number of rotatable bonds is 4. The average molecular weight is 335 g/mol. The van der Waals surface area contributed by atoms with Gasteiger partial charge in [-0.15, -0.1) is 0 Å². The van der Waals surface area contributed by atoms with Crippen LogP contribution in [0, 0.1) is 0 Å². The highest BCUT2D eigenvalue weighted by Gasteiger charge is 2.20. The summed E-state index contributed by atoms with van der Waals surface area (Å²) in [5.41, 5.74) is 2.71. The molecule has 0 saturated heterocycles. The fourth-order valence-corrected chi connectivity index (χ4v) is 2.82. The predicted molar refractivity (Wildman–Crippen MR) is 92.2 cm³/mol. The van der Waals surface area contributed by atoms with Gasteiger partial charge < -0.3 is 10.1 Å². The minimum Gasteiger partial charge on any atom is -0.493 e. The van der Waals surface area contributed by atoms with E-state index in [0.717, 1.165) is 11.3 Å². The normalized spacial score (nSPS) is 13.2. The molecule has 0 aliphatic carbocycles. The van der Waals surface area contributed by atoms with Crippen molar-refractivity contribution in [1.29, 1.82) is 0 Å². The summed E-state index contributed by atoms with van der Waals surface area (Å²) in [6.45, 7) is 3.75. The molecule has 3 heterocycles. The molecule has 0 atom stereocenters. The largest absolute Gasteiger partial charge is 0.493 e. The molecule has 4 rings (SSSR count). The maximum absolute atomic E-state index is 11.9. The molecular formula is C18H17N5O2. The molecule has 0 fully saturated rings. The van der Waals surface area contributed by atoms with Crippen molar-refractivity contribution in [1.82, 2.24) is 25.1 Å². The maximum Gasteiger partial charge on any atom is 0.269 e. The van der Waals surface area contributed by atoms with Gasteiger partial charge >= 0.3 is 0 Å². The van der Waals surface area contributed by atoms with Crippen molar-refractivity contribution < 1.29 is 9.53 Å². The van der Waals surface area contributed by atoms with Crippen LogP contribution in [0.2, 0.25) is 0 Å². The molecule has 1 aliphatic heterocycles. The Balaban J connectivity index is 1.75. The van der Waals surface area contributed by atoms with E-state index >= 15 is 0 Å². The molecule has 1 aliphatic rings. The van der Waals surface area contributed by atoms with Crippen LogP contribution in [0.4, 0.5) is 0 Å². The van der Waals surface area contributed by atoms with E-state index in [0.29, 0.717) is 42.6 Å². The summed E-state index contributed by atoms with van der Waals surface area (Å²) in [5, 5.41) is 7.31. The lowest BCUT2D eigenvalue weighted by Crippen LogP contribution is -2.35. The van der Waals surface area contributed by atoms with Crippen LogP contribution < -0.4 is 10.1 Å². The Hall–Kier alpha value is -3.22. The highest BCUT2D eigenvalue weighted by Crippen LogP contribution is 2.28. The van der Waals surface area contributed by atoms with Crippen molar-refractivity contribution in [2.24, 2.45) is 0 Å². The van der Waals surface area contributed by atoms with Gasteiger partial charge in [-0.1, -0.05) is 12.1 Å². The molecule has 126 valence electrons. The lowest BCUT2D eigenvalue weighted by Gasteiger charge is -2.13. The van der Waals surface area contributed by atoms with Crippen LogP contribution in [-0.2, 0) is 6.54 Å². The molecule has 7 heteroatoms. The standard InChI is InChI=1S/C18H17N5O2/c1-2-25-16-6-4-3-5-12(16)17-19-8-7-13(21-17)14-11-15-18(24)20-9-10-23(15)22-14/h3-8,11H,2,9-10H2,1H3,(H,20,24). The Morgan fingerprint density at radius 3 is 2.96 bits per heavy atom. The molecule has 0 spiro atoms.